The Morgan fingerprint density at radius 1 is 1.19 bits per heavy atom. The van der Waals surface area contributed by atoms with Gasteiger partial charge in [0, 0.05) is 16.6 Å². The summed E-state index contributed by atoms with van der Waals surface area (Å²) in [6.45, 7) is 2.00. The van der Waals surface area contributed by atoms with Crippen molar-refractivity contribution in [3.8, 4) is 5.75 Å². The van der Waals surface area contributed by atoms with Crippen molar-refractivity contribution in [2.75, 3.05) is 0 Å². The van der Waals surface area contributed by atoms with E-state index in [9.17, 15) is 4.39 Å². The van der Waals surface area contributed by atoms with Gasteiger partial charge in [0.15, 0.2) is 0 Å². The Bertz CT molecular complexity index is 632. The van der Waals surface area contributed by atoms with Crippen LogP contribution in [0.2, 0.25) is 10.0 Å². The van der Waals surface area contributed by atoms with Crippen LogP contribution in [-0.4, -0.2) is 6.04 Å². The van der Waals surface area contributed by atoms with Crippen molar-refractivity contribution in [2.45, 2.75) is 26.0 Å². The molecule has 2 aromatic carbocycles. The maximum atomic E-state index is 13.6. The Labute approximate surface area is 133 Å². The van der Waals surface area contributed by atoms with Gasteiger partial charge >= 0.3 is 0 Å². The highest BCUT2D eigenvalue weighted by Gasteiger charge is 2.08. The van der Waals surface area contributed by atoms with Crippen LogP contribution in [0.3, 0.4) is 0 Å². The highest BCUT2D eigenvalue weighted by molar-refractivity contribution is 6.32. The van der Waals surface area contributed by atoms with E-state index in [0.29, 0.717) is 21.4 Å². The van der Waals surface area contributed by atoms with Crippen molar-refractivity contribution < 1.29 is 9.13 Å². The molecule has 112 valence electrons. The van der Waals surface area contributed by atoms with Gasteiger partial charge in [0.05, 0.1) is 5.02 Å². The fourth-order valence-corrected chi connectivity index (χ4v) is 2.42. The summed E-state index contributed by atoms with van der Waals surface area (Å²) in [5.74, 6) is 0.147. The number of rotatable bonds is 5. The summed E-state index contributed by atoms with van der Waals surface area (Å²) in [6, 6.07) is 9.89. The summed E-state index contributed by atoms with van der Waals surface area (Å²) in [5.41, 5.74) is 7.18. The van der Waals surface area contributed by atoms with Crippen LogP contribution in [0.4, 0.5) is 4.39 Å². The number of hydrogen-bond acceptors (Lipinski definition) is 2. The SMILES string of the molecule is CC(N)Cc1ccc(OCc2cc(Cl)ccc2F)c(Cl)c1. The third-order valence-electron chi connectivity index (χ3n) is 2.94. The van der Waals surface area contributed by atoms with Gasteiger partial charge < -0.3 is 10.5 Å². The van der Waals surface area contributed by atoms with Crippen LogP contribution in [0.1, 0.15) is 18.1 Å². The second-order valence-electron chi connectivity index (χ2n) is 4.97. The minimum Gasteiger partial charge on any atom is -0.487 e. The highest BCUT2D eigenvalue weighted by atomic mass is 35.5. The molecule has 0 spiro atoms. The van der Waals surface area contributed by atoms with E-state index in [1.165, 1.54) is 18.2 Å². The molecule has 0 radical (unpaired) electrons. The minimum absolute atomic E-state index is 0.0633. The Kier molecular flexibility index (Phi) is 5.45. The first kappa shape index (κ1) is 16.1. The minimum atomic E-state index is -0.357. The van der Waals surface area contributed by atoms with Crippen LogP contribution >= 0.6 is 23.2 Å². The van der Waals surface area contributed by atoms with Gasteiger partial charge in [-0.1, -0.05) is 29.3 Å². The van der Waals surface area contributed by atoms with E-state index < -0.39 is 0 Å². The summed E-state index contributed by atoms with van der Waals surface area (Å²) in [6.07, 6.45) is 0.739. The first-order valence-electron chi connectivity index (χ1n) is 6.56. The van der Waals surface area contributed by atoms with Gasteiger partial charge in [-0.25, -0.2) is 4.39 Å². The number of nitrogens with two attached hydrogens (primary N) is 1. The molecule has 0 aliphatic heterocycles. The molecule has 2 rings (SSSR count). The fourth-order valence-electron chi connectivity index (χ4n) is 1.97. The third kappa shape index (κ3) is 4.60. The molecule has 0 aromatic heterocycles. The summed E-state index contributed by atoms with van der Waals surface area (Å²) >= 11 is 12.0. The summed E-state index contributed by atoms with van der Waals surface area (Å²) in [5, 5.41) is 0.948. The molecule has 0 aliphatic carbocycles. The predicted octanol–water partition coefficient (Wildman–Crippen LogP) is 4.60. The maximum absolute atomic E-state index is 13.6. The van der Waals surface area contributed by atoms with Gasteiger partial charge in [-0.05, 0) is 49.2 Å². The van der Waals surface area contributed by atoms with E-state index in [1.54, 1.807) is 6.07 Å². The molecular formula is C16H16Cl2FNO. The zero-order valence-corrected chi connectivity index (χ0v) is 13.1. The van der Waals surface area contributed by atoms with Gasteiger partial charge in [-0.2, -0.15) is 0 Å². The zero-order chi connectivity index (χ0) is 15.4. The molecule has 0 saturated heterocycles. The maximum Gasteiger partial charge on any atom is 0.138 e. The molecule has 0 bridgehead atoms. The molecule has 2 nitrogen and oxygen atoms in total. The highest BCUT2D eigenvalue weighted by Crippen LogP contribution is 2.27. The molecule has 2 N–H and O–H groups in total. The van der Waals surface area contributed by atoms with Crippen molar-refractivity contribution >= 4 is 23.2 Å². The van der Waals surface area contributed by atoms with Crippen LogP contribution < -0.4 is 10.5 Å². The van der Waals surface area contributed by atoms with E-state index in [-0.39, 0.29) is 18.5 Å². The van der Waals surface area contributed by atoms with E-state index in [4.69, 9.17) is 33.7 Å². The van der Waals surface area contributed by atoms with Gasteiger partial charge in [-0.15, -0.1) is 0 Å². The Morgan fingerprint density at radius 2 is 1.95 bits per heavy atom. The first-order chi connectivity index (χ1) is 9.95. The lowest BCUT2D eigenvalue weighted by Crippen LogP contribution is -2.17. The quantitative estimate of drug-likeness (QED) is 0.870. The fraction of sp³-hybridized carbons (Fsp3) is 0.250. The molecule has 0 saturated carbocycles. The smallest absolute Gasteiger partial charge is 0.138 e. The largest absolute Gasteiger partial charge is 0.487 e. The van der Waals surface area contributed by atoms with Crippen LogP contribution in [0.15, 0.2) is 36.4 Å². The molecule has 1 unspecified atom stereocenters. The molecule has 1 atom stereocenters. The van der Waals surface area contributed by atoms with Crippen molar-refractivity contribution in [1.29, 1.82) is 0 Å². The van der Waals surface area contributed by atoms with Crippen LogP contribution in [0.25, 0.3) is 0 Å². The molecule has 5 heteroatoms. The lowest BCUT2D eigenvalue weighted by molar-refractivity contribution is 0.300. The average Bonchev–Trinajstić information content (AvgIpc) is 2.41. The molecule has 0 heterocycles. The lowest BCUT2D eigenvalue weighted by Gasteiger charge is -2.11. The van der Waals surface area contributed by atoms with Crippen molar-refractivity contribution in [3.05, 3.63) is 63.4 Å². The van der Waals surface area contributed by atoms with E-state index in [1.807, 2.05) is 19.1 Å². The molecule has 0 amide bonds. The van der Waals surface area contributed by atoms with E-state index >= 15 is 0 Å². The number of ether oxygens (including phenoxy) is 1. The Hall–Kier alpha value is -1.29. The van der Waals surface area contributed by atoms with Crippen molar-refractivity contribution in [3.63, 3.8) is 0 Å². The molecular weight excluding hydrogens is 312 g/mol. The van der Waals surface area contributed by atoms with Crippen molar-refractivity contribution in [1.82, 2.24) is 0 Å². The van der Waals surface area contributed by atoms with Gasteiger partial charge in [-0.3, -0.25) is 0 Å². The zero-order valence-electron chi connectivity index (χ0n) is 11.6. The second-order valence-corrected chi connectivity index (χ2v) is 5.81. The van der Waals surface area contributed by atoms with Crippen molar-refractivity contribution in [2.24, 2.45) is 5.73 Å². The van der Waals surface area contributed by atoms with Crippen LogP contribution in [0, 0.1) is 5.82 Å². The van der Waals surface area contributed by atoms with Gasteiger partial charge in [0.25, 0.3) is 0 Å². The number of hydrogen-bond donors (Lipinski definition) is 1. The monoisotopic (exact) mass is 327 g/mol. The molecule has 0 aliphatic rings. The Balaban J connectivity index is 2.08. The molecule has 21 heavy (non-hydrogen) atoms. The average molecular weight is 328 g/mol. The molecule has 2 aromatic rings. The Morgan fingerprint density at radius 3 is 2.62 bits per heavy atom. The summed E-state index contributed by atoms with van der Waals surface area (Å²) < 4.78 is 19.2. The van der Waals surface area contributed by atoms with E-state index in [2.05, 4.69) is 0 Å². The lowest BCUT2D eigenvalue weighted by atomic mass is 10.1. The van der Waals surface area contributed by atoms with Gasteiger partial charge in [0.1, 0.15) is 18.2 Å². The van der Waals surface area contributed by atoms with Crippen LogP contribution in [0.5, 0.6) is 5.75 Å². The second kappa shape index (κ2) is 7.12. The molecule has 0 fully saturated rings. The topological polar surface area (TPSA) is 35.2 Å². The first-order valence-corrected chi connectivity index (χ1v) is 7.32. The van der Waals surface area contributed by atoms with Gasteiger partial charge in [0.2, 0.25) is 0 Å². The number of halogens is 3. The van der Waals surface area contributed by atoms with Crippen LogP contribution in [-0.2, 0) is 13.0 Å². The normalized spacial score (nSPS) is 12.2. The standard InChI is InChI=1S/C16H16Cl2FNO/c1-10(20)6-11-2-5-16(14(18)7-11)21-9-12-8-13(17)3-4-15(12)19/h2-5,7-8,10H,6,9,20H2,1H3. The summed E-state index contributed by atoms with van der Waals surface area (Å²) in [7, 11) is 0. The third-order valence-corrected chi connectivity index (χ3v) is 3.48. The summed E-state index contributed by atoms with van der Waals surface area (Å²) in [4.78, 5) is 0. The number of benzene rings is 2. The van der Waals surface area contributed by atoms with E-state index in [0.717, 1.165) is 12.0 Å². The predicted molar refractivity (Wildman–Crippen MR) is 84.5 cm³/mol.